The van der Waals surface area contributed by atoms with Crippen LogP contribution in [0.4, 0.5) is 5.69 Å². The minimum atomic E-state index is 0.0680. The first kappa shape index (κ1) is 14.7. The summed E-state index contributed by atoms with van der Waals surface area (Å²) < 4.78 is 5.50. The molecule has 0 aromatic heterocycles. The fourth-order valence-corrected chi connectivity index (χ4v) is 2.63. The van der Waals surface area contributed by atoms with Gasteiger partial charge in [-0.25, -0.2) is 0 Å². The van der Waals surface area contributed by atoms with Gasteiger partial charge < -0.3 is 15.8 Å². The van der Waals surface area contributed by atoms with E-state index in [-0.39, 0.29) is 5.91 Å². The van der Waals surface area contributed by atoms with Gasteiger partial charge in [-0.15, -0.1) is 0 Å². The van der Waals surface area contributed by atoms with Crippen LogP contribution in [-0.4, -0.2) is 19.1 Å². The highest BCUT2D eigenvalue weighted by Crippen LogP contribution is 2.26. The lowest BCUT2D eigenvalue weighted by Gasteiger charge is -2.10. The van der Waals surface area contributed by atoms with Crippen LogP contribution < -0.4 is 15.8 Å². The van der Waals surface area contributed by atoms with Crippen molar-refractivity contribution in [2.75, 3.05) is 18.9 Å². The number of amides is 1. The molecule has 0 saturated heterocycles. The van der Waals surface area contributed by atoms with Gasteiger partial charge in [0, 0.05) is 12.2 Å². The SMILES string of the molecule is Nc1ccc(OCCC(=O)NCCC2CCCC2)cc1. The van der Waals surface area contributed by atoms with Crippen LogP contribution in [0.1, 0.15) is 38.5 Å². The summed E-state index contributed by atoms with van der Waals surface area (Å²) >= 11 is 0. The Hall–Kier alpha value is -1.71. The molecule has 0 radical (unpaired) electrons. The van der Waals surface area contributed by atoms with Crippen molar-refractivity contribution >= 4 is 11.6 Å². The van der Waals surface area contributed by atoms with Crippen molar-refractivity contribution in [2.24, 2.45) is 5.92 Å². The minimum absolute atomic E-state index is 0.0680. The number of carbonyl (C=O) groups is 1. The molecule has 1 aromatic carbocycles. The third kappa shape index (κ3) is 5.11. The Bertz CT molecular complexity index is 411. The molecule has 1 aliphatic rings. The van der Waals surface area contributed by atoms with Gasteiger partial charge in [0.15, 0.2) is 0 Å². The van der Waals surface area contributed by atoms with Crippen molar-refractivity contribution < 1.29 is 9.53 Å². The van der Waals surface area contributed by atoms with Crippen LogP contribution in [0.15, 0.2) is 24.3 Å². The predicted molar refractivity (Wildman–Crippen MR) is 80.6 cm³/mol. The molecule has 2 rings (SSSR count). The maximum atomic E-state index is 11.7. The van der Waals surface area contributed by atoms with E-state index in [0.717, 1.165) is 24.6 Å². The average Bonchev–Trinajstić information content (AvgIpc) is 2.94. The number of ether oxygens (including phenoxy) is 1. The molecule has 1 fully saturated rings. The molecule has 0 heterocycles. The monoisotopic (exact) mass is 276 g/mol. The number of benzene rings is 1. The lowest BCUT2D eigenvalue weighted by atomic mass is 10.0. The van der Waals surface area contributed by atoms with Crippen molar-refractivity contribution in [3.8, 4) is 5.75 Å². The molecule has 1 aromatic rings. The Morgan fingerprint density at radius 1 is 1.25 bits per heavy atom. The van der Waals surface area contributed by atoms with Gasteiger partial charge >= 0.3 is 0 Å². The Morgan fingerprint density at radius 3 is 2.65 bits per heavy atom. The molecule has 3 N–H and O–H groups in total. The molecule has 0 bridgehead atoms. The minimum Gasteiger partial charge on any atom is -0.493 e. The second-order valence-electron chi connectivity index (χ2n) is 5.46. The summed E-state index contributed by atoms with van der Waals surface area (Å²) in [6.45, 7) is 1.20. The van der Waals surface area contributed by atoms with Crippen molar-refractivity contribution in [1.29, 1.82) is 0 Å². The van der Waals surface area contributed by atoms with Crippen LogP contribution in [0.2, 0.25) is 0 Å². The van der Waals surface area contributed by atoms with Gasteiger partial charge in [0.2, 0.25) is 5.91 Å². The molecule has 1 aliphatic carbocycles. The van der Waals surface area contributed by atoms with Crippen LogP contribution in [0.25, 0.3) is 0 Å². The molecular formula is C16H24N2O2. The Balaban J connectivity index is 1.54. The van der Waals surface area contributed by atoms with E-state index in [1.165, 1.54) is 25.7 Å². The fourth-order valence-electron chi connectivity index (χ4n) is 2.63. The van der Waals surface area contributed by atoms with E-state index in [1.54, 1.807) is 12.1 Å². The molecule has 110 valence electrons. The molecule has 4 nitrogen and oxygen atoms in total. The molecule has 4 heteroatoms. The molecule has 1 saturated carbocycles. The summed E-state index contributed by atoms with van der Waals surface area (Å²) in [4.78, 5) is 11.7. The maximum Gasteiger partial charge on any atom is 0.223 e. The van der Waals surface area contributed by atoms with Crippen LogP contribution in [0.3, 0.4) is 0 Å². The zero-order valence-electron chi connectivity index (χ0n) is 11.9. The summed E-state index contributed by atoms with van der Waals surface area (Å²) in [6, 6.07) is 7.20. The summed E-state index contributed by atoms with van der Waals surface area (Å²) in [6.07, 6.45) is 6.88. The van der Waals surface area contributed by atoms with E-state index >= 15 is 0 Å². The molecule has 0 unspecified atom stereocenters. The third-order valence-corrected chi connectivity index (χ3v) is 3.83. The zero-order chi connectivity index (χ0) is 14.2. The lowest BCUT2D eigenvalue weighted by molar-refractivity contribution is -0.121. The number of nitrogens with two attached hydrogens (primary N) is 1. The molecule has 20 heavy (non-hydrogen) atoms. The maximum absolute atomic E-state index is 11.7. The first-order valence-corrected chi connectivity index (χ1v) is 7.49. The highest BCUT2D eigenvalue weighted by molar-refractivity contribution is 5.75. The standard InChI is InChI=1S/C16H24N2O2/c17-14-5-7-15(8-6-14)20-12-10-16(19)18-11-9-13-3-1-2-4-13/h5-8,13H,1-4,9-12,17H2,(H,18,19). The fraction of sp³-hybridized carbons (Fsp3) is 0.562. The van der Waals surface area contributed by atoms with Gasteiger partial charge in [0.05, 0.1) is 13.0 Å². The normalized spacial score (nSPS) is 15.2. The molecule has 0 spiro atoms. The topological polar surface area (TPSA) is 64.3 Å². The number of hydrogen-bond acceptors (Lipinski definition) is 3. The molecule has 1 amide bonds. The number of nitrogens with one attached hydrogen (secondary N) is 1. The van der Waals surface area contributed by atoms with E-state index in [2.05, 4.69) is 5.32 Å². The zero-order valence-corrected chi connectivity index (χ0v) is 11.9. The lowest BCUT2D eigenvalue weighted by Crippen LogP contribution is -2.26. The van der Waals surface area contributed by atoms with Crippen molar-refractivity contribution in [3.63, 3.8) is 0 Å². The number of carbonyl (C=O) groups excluding carboxylic acids is 1. The average molecular weight is 276 g/mol. The van der Waals surface area contributed by atoms with Crippen molar-refractivity contribution in [2.45, 2.75) is 38.5 Å². The second-order valence-corrected chi connectivity index (χ2v) is 5.46. The van der Waals surface area contributed by atoms with Gasteiger partial charge in [-0.1, -0.05) is 25.7 Å². The largest absolute Gasteiger partial charge is 0.493 e. The number of nitrogen functional groups attached to an aromatic ring is 1. The summed E-state index contributed by atoms with van der Waals surface area (Å²) in [5, 5.41) is 2.97. The highest BCUT2D eigenvalue weighted by Gasteiger charge is 2.14. The van der Waals surface area contributed by atoms with E-state index in [4.69, 9.17) is 10.5 Å². The molecule has 0 aliphatic heterocycles. The van der Waals surface area contributed by atoms with Gasteiger partial charge in [-0.3, -0.25) is 4.79 Å². The Kier molecular flexibility index (Phi) is 5.71. The number of rotatable bonds is 7. The Morgan fingerprint density at radius 2 is 1.95 bits per heavy atom. The van der Waals surface area contributed by atoms with Crippen LogP contribution in [0.5, 0.6) is 5.75 Å². The second kappa shape index (κ2) is 7.78. The predicted octanol–water partition coefficient (Wildman–Crippen LogP) is 2.73. The van der Waals surface area contributed by atoms with Gasteiger partial charge in [-0.05, 0) is 36.6 Å². The number of hydrogen-bond donors (Lipinski definition) is 2. The van der Waals surface area contributed by atoms with E-state index in [9.17, 15) is 4.79 Å². The smallest absolute Gasteiger partial charge is 0.223 e. The van der Waals surface area contributed by atoms with Gasteiger partial charge in [-0.2, -0.15) is 0 Å². The van der Waals surface area contributed by atoms with E-state index in [0.29, 0.717) is 18.7 Å². The summed E-state index contributed by atoms with van der Waals surface area (Å²) in [7, 11) is 0. The number of anilines is 1. The quantitative estimate of drug-likeness (QED) is 0.753. The van der Waals surface area contributed by atoms with Crippen molar-refractivity contribution in [3.05, 3.63) is 24.3 Å². The third-order valence-electron chi connectivity index (χ3n) is 3.83. The van der Waals surface area contributed by atoms with Crippen LogP contribution in [0, 0.1) is 5.92 Å². The van der Waals surface area contributed by atoms with Crippen molar-refractivity contribution in [1.82, 2.24) is 5.32 Å². The van der Waals surface area contributed by atoms with E-state index < -0.39 is 0 Å². The highest BCUT2D eigenvalue weighted by atomic mass is 16.5. The Labute approximate surface area is 120 Å². The van der Waals surface area contributed by atoms with Crippen LogP contribution in [-0.2, 0) is 4.79 Å². The summed E-state index contributed by atoms with van der Waals surface area (Å²) in [5.41, 5.74) is 6.30. The van der Waals surface area contributed by atoms with Gasteiger partial charge in [0.25, 0.3) is 0 Å². The first-order valence-electron chi connectivity index (χ1n) is 7.49. The molecular weight excluding hydrogens is 252 g/mol. The van der Waals surface area contributed by atoms with E-state index in [1.807, 2.05) is 12.1 Å². The first-order chi connectivity index (χ1) is 9.74. The van der Waals surface area contributed by atoms with Gasteiger partial charge in [0.1, 0.15) is 5.75 Å². The molecule has 0 atom stereocenters. The van der Waals surface area contributed by atoms with Crippen LogP contribution >= 0.6 is 0 Å². The summed E-state index contributed by atoms with van der Waals surface area (Å²) in [5.74, 6) is 1.64.